The van der Waals surface area contributed by atoms with E-state index in [4.69, 9.17) is 14.2 Å². The Bertz CT molecular complexity index is 1750. The number of anilines is 1. The van der Waals surface area contributed by atoms with Crippen molar-refractivity contribution in [3.63, 3.8) is 0 Å². The van der Waals surface area contributed by atoms with Crippen molar-refractivity contribution in [3.05, 3.63) is 124 Å². The maximum absolute atomic E-state index is 13.7. The van der Waals surface area contributed by atoms with Crippen molar-refractivity contribution in [1.29, 1.82) is 0 Å². The SMILES string of the molecule is C=CCOC(=O)c1sc(N2C(=O)C(=O)/C(=C(/O)c3ccc(OCCC)cc3)C2c2cccc(OCc3ccccc3)c2)nc1C. The smallest absolute Gasteiger partial charge is 0.350 e. The molecule has 10 heteroatoms. The van der Waals surface area contributed by atoms with Gasteiger partial charge >= 0.3 is 11.9 Å². The van der Waals surface area contributed by atoms with E-state index in [1.54, 1.807) is 55.5 Å². The van der Waals surface area contributed by atoms with E-state index in [0.717, 1.165) is 23.3 Å². The number of esters is 1. The minimum Gasteiger partial charge on any atom is -0.507 e. The Labute approximate surface area is 265 Å². The summed E-state index contributed by atoms with van der Waals surface area (Å²) in [7, 11) is 0. The molecular weight excluding hydrogens is 592 g/mol. The Balaban J connectivity index is 1.58. The zero-order valence-electron chi connectivity index (χ0n) is 24.9. The average molecular weight is 625 g/mol. The first kappa shape index (κ1) is 31.2. The molecule has 0 radical (unpaired) electrons. The average Bonchev–Trinajstić information content (AvgIpc) is 3.58. The van der Waals surface area contributed by atoms with Crippen LogP contribution >= 0.6 is 11.3 Å². The van der Waals surface area contributed by atoms with Crippen LogP contribution in [0.5, 0.6) is 11.5 Å². The number of carbonyl (C=O) groups excluding carboxylic acids is 3. The van der Waals surface area contributed by atoms with Crippen molar-refractivity contribution in [3.8, 4) is 11.5 Å². The number of hydrogen-bond donors (Lipinski definition) is 1. The van der Waals surface area contributed by atoms with Crippen molar-refractivity contribution in [2.24, 2.45) is 0 Å². The summed E-state index contributed by atoms with van der Waals surface area (Å²) in [5.74, 6) is -1.63. The van der Waals surface area contributed by atoms with E-state index in [2.05, 4.69) is 11.6 Å². The fourth-order valence-corrected chi connectivity index (χ4v) is 5.81. The van der Waals surface area contributed by atoms with Crippen LogP contribution in [0.1, 0.15) is 51.4 Å². The van der Waals surface area contributed by atoms with Gasteiger partial charge in [0.15, 0.2) is 5.13 Å². The maximum Gasteiger partial charge on any atom is 0.350 e. The van der Waals surface area contributed by atoms with Gasteiger partial charge in [0.1, 0.15) is 35.3 Å². The lowest BCUT2D eigenvalue weighted by atomic mass is 9.95. The summed E-state index contributed by atoms with van der Waals surface area (Å²) in [6.07, 6.45) is 2.28. The molecule has 1 saturated heterocycles. The number of nitrogens with zero attached hydrogens (tertiary/aromatic N) is 2. The maximum atomic E-state index is 13.7. The first-order valence-corrected chi connectivity index (χ1v) is 15.2. The molecule has 1 aliphatic heterocycles. The lowest BCUT2D eigenvalue weighted by Gasteiger charge is -2.23. The molecule has 4 aromatic rings. The number of Topliss-reactive ketones (excluding diaryl/α,β-unsaturated/α-hetero) is 1. The van der Waals surface area contributed by atoms with E-state index >= 15 is 0 Å². The van der Waals surface area contributed by atoms with Crippen LogP contribution in [0.2, 0.25) is 0 Å². The second kappa shape index (κ2) is 14.0. The molecule has 9 nitrogen and oxygen atoms in total. The molecule has 1 amide bonds. The molecule has 1 atom stereocenters. The van der Waals surface area contributed by atoms with Crippen LogP contribution in [-0.2, 0) is 20.9 Å². The van der Waals surface area contributed by atoms with E-state index in [1.165, 1.54) is 11.0 Å². The molecule has 230 valence electrons. The monoisotopic (exact) mass is 624 g/mol. The van der Waals surface area contributed by atoms with Gasteiger partial charge in [-0.05, 0) is 60.9 Å². The zero-order chi connectivity index (χ0) is 31.9. The number of amides is 1. The van der Waals surface area contributed by atoms with E-state index < -0.39 is 23.7 Å². The molecule has 45 heavy (non-hydrogen) atoms. The van der Waals surface area contributed by atoms with Gasteiger partial charge in [-0.2, -0.15) is 0 Å². The summed E-state index contributed by atoms with van der Waals surface area (Å²) in [5.41, 5.74) is 2.03. The predicted octanol–water partition coefficient (Wildman–Crippen LogP) is 6.79. The van der Waals surface area contributed by atoms with Crippen LogP contribution in [0, 0.1) is 6.92 Å². The van der Waals surface area contributed by atoms with Crippen LogP contribution in [0.3, 0.4) is 0 Å². The topological polar surface area (TPSA) is 115 Å². The normalized spacial score (nSPS) is 15.6. The number of aryl methyl sites for hydroxylation is 1. The number of thiazole rings is 1. The predicted molar refractivity (Wildman–Crippen MR) is 172 cm³/mol. The van der Waals surface area contributed by atoms with Crippen molar-refractivity contribution in [2.45, 2.75) is 32.9 Å². The van der Waals surface area contributed by atoms with Gasteiger partial charge in [0.05, 0.1) is 23.9 Å². The second-order valence-electron chi connectivity index (χ2n) is 10.2. The van der Waals surface area contributed by atoms with Gasteiger partial charge in [-0.15, -0.1) is 0 Å². The lowest BCUT2D eigenvalue weighted by Crippen LogP contribution is -2.29. The minimum atomic E-state index is -1.07. The lowest BCUT2D eigenvalue weighted by molar-refractivity contribution is -0.132. The van der Waals surface area contributed by atoms with Gasteiger partial charge < -0.3 is 19.3 Å². The highest BCUT2D eigenvalue weighted by atomic mass is 32.1. The first-order chi connectivity index (χ1) is 21.8. The molecule has 1 aromatic heterocycles. The van der Waals surface area contributed by atoms with Gasteiger partial charge in [-0.1, -0.05) is 73.4 Å². The number of ether oxygens (including phenoxy) is 3. The molecule has 0 aliphatic carbocycles. The standard InChI is InChI=1S/C35H32N2O7S/c1-4-18-42-26-16-14-24(15-17-26)30(38)28-29(25-12-9-13-27(20-25)44-21-23-10-7-6-8-11-23)37(33(40)31(28)39)35-36-22(3)32(45-35)34(41)43-19-5-2/h5-17,20,29,38H,2,4,18-19,21H2,1,3H3/b30-28+. The highest BCUT2D eigenvalue weighted by molar-refractivity contribution is 7.17. The van der Waals surface area contributed by atoms with Crippen molar-refractivity contribution >= 4 is 39.9 Å². The van der Waals surface area contributed by atoms with Gasteiger partial charge in [-0.3, -0.25) is 14.5 Å². The molecule has 1 unspecified atom stereocenters. The fourth-order valence-electron chi connectivity index (χ4n) is 4.82. The number of benzene rings is 3. The molecule has 2 heterocycles. The summed E-state index contributed by atoms with van der Waals surface area (Å²) in [6, 6.07) is 22.2. The number of aliphatic hydroxyl groups excluding tert-OH is 1. The zero-order valence-corrected chi connectivity index (χ0v) is 25.7. The number of carbonyl (C=O) groups is 3. The van der Waals surface area contributed by atoms with Gasteiger partial charge in [0.2, 0.25) is 0 Å². The van der Waals surface area contributed by atoms with Crippen molar-refractivity contribution in [1.82, 2.24) is 4.98 Å². The molecule has 1 aliphatic rings. The Kier molecular flexibility index (Phi) is 9.74. The van der Waals surface area contributed by atoms with Gasteiger partial charge in [0, 0.05) is 5.56 Å². The summed E-state index contributed by atoms with van der Waals surface area (Å²) in [5, 5.41) is 11.7. The fraction of sp³-hybridized carbons (Fsp3) is 0.200. The van der Waals surface area contributed by atoms with Crippen molar-refractivity contribution in [2.75, 3.05) is 18.1 Å². The molecule has 0 spiro atoms. The highest BCUT2D eigenvalue weighted by Gasteiger charge is 2.48. The molecule has 0 bridgehead atoms. The van der Waals surface area contributed by atoms with Crippen molar-refractivity contribution < 1.29 is 33.7 Å². The molecular formula is C35H32N2O7S. The molecule has 0 saturated carbocycles. The highest BCUT2D eigenvalue weighted by Crippen LogP contribution is 2.44. The molecule has 1 N–H and O–H groups in total. The third kappa shape index (κ3) is 6.81. The van der Waals surface area contributed by atoms with Crippen LogP contribution in [0.25, 0.3) is 5.76 Å². The Morgan fingerprint density at radius 2 is 1.78 bits per heavy atom. The summed E-state index contributed by atoms with van der Waals surface area (Å²) in [4.78, 5) is 45.9. The summed E-state index contributed by atoms with van der Waals surface area (Å²) in [6.45, 7) is 8.03. The summed E-state index contributed by atoms with van der Waals surface area (Å²) < 4.78 is 16.9. The molecule has 5 rings (SSSR count). The molecule has 3 aromatic carbocycles. The van der Waals surface area contributed by atoms with Gasteiger partial charge in [-0.25, -0.2) is 9.78 Å². The Morgan fingerprint density at radius 1 is 1.02 bits per heavy atom. The third-order valence-corrected chi connectivity index (χ3v) is 8.11. The number of aliphatic hydroxyl groups is 1. The first-order valence-electron chi connectivity index (χ1n) is 14.4. The number of rotatable bonds is 12. The van der Waals surface area contributed by atoms with Crippen LogP contribution in [0.15, 0.2) is 97.1 Å². The van der Waals surface area contributed by atoms with Crippen LogP contribution in [-0.4, -0.2) is 41.0 Å². The molecule has 1 fully saturated rings. The van der Waals surface area contributed by atoms with Crippen LogP contribution in [0.4, 0.5) is 5.13 Å². The van der Waals surface area contributed by atoms with E-state index in [-0.39, 0.29) is 27.9 Å². The quantitative estimate of drug-likeness (QED) is 0.0603. The number of ketones is 1. The Morgan fingerprint density at radius 3 is 2.49 bits per heavy atom. The van der Waals surface area contributed by atoms with E-state index in [1.807, 2.05) is 37.3 Å². The summed E-state index contributed by atoms with van der Waals surface area (Å²) >= 11 is 0.931. The number of hydrogen-bond acceptors (Lipinski definition) is 9. The van der Waals surface area contributed by atoms with E-state index in [0.29, 0.717) is 41.5 Å². The third-order valence-electron chi connectivity index (χ3n) is 6.98. The largest absolute Gasteiger partial charge is 0.507 e. The van der Waals surface area contributed by atoms with E-state index in [9.17, 15) is 19.5 Å². The Hall–Kier alpha value is -5.22. The number of aromatic nitrogens is 1. The van der Waals surface area contributed by atoms with Gasteiger partial charge in [0.25, 0.3) is 5.78 Å². The minimum absolute atomic E-state index is 0.00800. The second-order valence-corrected chi connectivity index (χ2v) is 11.2. The van der Waals surface area contributed by atoms with Crippen LogP contribution < -0.4 is 14.4 Å².